The molecule has 0 radical (unpaired) electrons. The number of non-ortho nitro benzene ring substituents is 1. The number of hydrogen-bond donors (Lipinski definition) is 2. The molecule has 0 aliphatic carbocycles. The van der Waals surface area contributed by atoms with Crippen molar-refractivity contribution in [2.24, 2.45) is 0 Å². The standard InChI is InChI=1S/C21H25N3O5/c1-21(2,3)15-7-5-14(6-8-15)20(26)22-12-11-19(25)23-17-13-16(24(27)28)9-10-18(17)29-4/h5-10,13H,11-12H2,1-4H3,(H,22,26)(H,23,25). The summed E-state index contributed by atoms with van der Waals surface area (Å²) in [5.41, 5.74) is 1.68. The highest BCUT2D eigenvalue weighted by Crippen LogP contribution is 2.29. The SMILES string of the molecule is COc1ccc([N+](=O)[O-])cc1NC(=O)CCNC(=O)c1ccc(C(C)(C)C)cc1. The Kier molecular flexibility index (Phi) is 6.93. The molecule has 29 heavy (non-hydrogen) atoms. The van der Waals surface area contributed by atoms with Crippen molar-refractivity contribution in [2.75, 3.05) is 19.0 Å². The van der Waals surface area contributed by atoms with Crippen LogP contribution < -0.4 is 15.4 Å². The van der Waals surface area contributed by atoms with E-state index in [9.17, 15) is 19.7 Å². The number of hydrogen-bond acceptors (Lipinski definition) is 5. The molecular weight excluding hydrogens is 374 g/mol. The number of ether oxygens (including phenoxy) is 1. The third-order valence-corrected chi connectivity index (χ3v) is 4.32. The number of benzene rings is 2. The number of carbonyl (C=O) groups excluding carboxylic acids is 2. The molecule has 0 unspecified atom stereocenters. The summed E-state index contributed by atoms with van der Waals surface area (Å²) in [6, 6.07) is 11.3. The zero-order valence-electron chi connectivity index (χ0n) is 16.9. The van der Waals surface area contributed by atoms with Crippen molar-refractivity contribution in [3.05, 3.63) is 63.7 Å². The maximum atomic E-state index is 12.2. The second-order valence-electron chi connectivity index (χ2n) is 7.52. The first kappa shape index (κ1) is 21.9. The monoisotopic (exact) mass is 399 g/mol. The van der Waals surface area contributed by atoms with Crippen LogP contribution in [0.4, 0.5) is 11.4 Å². The third-order valence-electron chi connectivity index (χ3n) is 4.32. The number of amides is 2. The Morgan fingerprint density at radius 3 is 2.31 bits per heavy atom. The molecule has 0 aliphatic rings. The molecule has 8 heteroatoms. The topological polar surface area (TPSA) is 111 Å². The first-order valence-electron chi connectivity index (χ1n) is 9.13. The van der Waals surface area contributed by atoms with Gasteiger partial charge in [-0.1, -0.05) is 32.9 Å². The number of methoxy groups -OCH3 is 1. The van der Waals surface area contributed by atoms with E-state index in [1.807, 2.05) is 12.1 Å². The zero-order chi connectivity index (χ0) is 21.6. The molecule has 2 aromatic rings. The average molecular weight is 399 g/mol. The van der Waals surface area contributed by atoms with Crippen LogP contribution in [-0.2, 0) is 10.2 Å². The summed E-state index contributed by atoms with van der Waals surface area (Å²) < 4.78 is 5.11. The predicted octanol–water partition coefficient (Wildman–Crippen LogP) is 3.66. The smallest absolute Gasteiger partial charge is 0.271 e. The second kappa shape index (κ2) is 9.18. The van der Waals surface area contributed by atoms with Crippen molar-refractivity contribution in [3.8, 4) is 5.75 Å². The van der Waals surface area contributed by atoms with Gasteiger partial charge in [0, 0.05) is 30.7 Å². The molecule has 0 fully saturated rings. The van der Waals surface area contributed by atoms with E-state index in [2.05, 4.69) is 31.4 Å². The lowest BCUT2D eigenvalue weighted by atomic mass is 9.87. The number of rotatable bonds is 7. The molecule has 0 aliphatic heterocycles. The average Bonchev–Trinajstić information content (AvgIpc) is 2.67. The normalized spacial score (nSPS) is 10.9. The van der Waals surface area contributed by atoms with Gasteiger partial charge >= 0.3 is 0 Å². The Morgan fingerprint density at radius 2 is 1.76 bits per heavy atom. The molecule has 0 bridgehead atoms. The molecule has 2 rings (SSSR count). The van der Waals surface area contributed by atoms with E-state index < -0.39 is 10.8 Å². The van der Waals surface area contributed by atoms with Gasteiger partial charge in [-0.25, -0.2) is 0 Å². The van der Waals surface area contributed by atoms with Gasteiger partial charge in [0.1, 0.15) is 5.75 Å². The summed E-state index contributed by atoms with van der Waals surface area (Å²) >= 11 is 0. The quantitative estimate of drug-likeness (QED) is 0.545. The van der Waals surface area contributed by atoms with Gasteiger partial charge in [-0.05, 0) is 29.2 Å². The molecule has 2 N–H and O–H groups in total. The van der Waals surface area contributed by atoms with Crippen LogP contribution in [0.15, 0.2) is 42.5 Å². The highest BCUT2D eigenvalue weighted by atomic mass is 16.6. The molecule has 0 saturated carbocycles. The maximum absolute atomic E-state index is 12.2. The van der Waals surface area contributed by atoms with Gasteiger partial charge in [0.2, 0.25) is 5.91 Å². The first-order chi connectivity index (χ1) is 13.6. The van der Waals surface area contributed by atoms with E-state index in [4.69, 9.17) is 4.74 Å². The van der Waals surface area contributed by atoms with Gasteiger partial charge in [0.15, 0.2) is 0 Å². The Balaban J connectivity index is 1.91. The lowest BCUT2D eigenvalue weighted by Crippen LogP contribution is -2.27. The van der Waals surface area contributed by atoms with Crippen LogP contribution in [0.25, 0.3) is 0 Å². The lowest BCUT2D eigenvalue weighted by molar-refractivity contribution is -0.384. The summed E-state index contributed by atoms with van der Waals surface area (Å²) in [7, 11) is 1.40. The highest BCUT2D eigenvalue weighted by molar-refractivity contribution is 5.95. The summed E-state index contributed by atoms with van der Waals surface area (Å²) in [5.74, 6) is -0.356. The minimum atomic E-state index is -0.555. The minimum absolute atomic E-state index is 0.000657. The van der Waals surface area contributed by atoms with Gasteiger partial charge in [-0.15, -0.1) is 0 Å². The number of anilines is 1. The van der Waals surface area contributed by atoms with Crippen molar-refractivity contribution in [1.82, 2.24) is 5.32 Å². The van der Waals surface area contributed by atoms with Crippen molar-refractivity contribution in [2.45, 2.75) is 32.6 Å². The zero-order valence-corrected chi connectivity index (χ0v) is 16.9. The summed E-state index contributed by atoms with van der Waals surface area (Å²) in [6.07, 6.45) is 0.0116. The van der Waals surface area contributed by atoms with Crippen LogP contribution in [0.3, 0.4) is 0 Å². The molecule has 0 spiro atoms. The number of nitrogens with one attached hydrogen (secondary N) is 2. The first-order valence-corrected chi connectivity index (χ1v) is 9.13. The summed E-state index contributed by atoms with van der Waals surface area (Å²) in [5, 5.41) is 16.2. The fourth-order valence-electron chi connectivity index (χ4n) is 2.63. The van der Waals surface area contributed by atoms with Crippen LogP contribution in [-0.4, -0.2) is 30.4 Å². The van der Waals surface area contributed by atoms with E-state index in [0.29, 0.717) is 11.3 Å². The Hall–Kier alpha value is -3.42. The third kappa shape index (κ3) is 6.03. The molecule has 2 amide bonds. The molecule has 0 atom stereocenters. The van der Waals surface area contributed by atoms with E-state index in [1.54, 1.807) is 12.1 Å². The molecular formula is C21H25N3O5. The lowest BCUT2D eigenvalue weighted by Gasteiger charge is -2.19. The number of nitro groups is 1. The Labute approximate surface area is 169 Å². The molecule has 154 valence electrons. The van der Waals surface area contributed by atoms with Crippen molar-refractivity contribution in [3.63, 3.8) is 0 Å². The molecule has 0 heterocycles. The fraction of sp³-hybridized carbons (Fsp3) is 0.333. The van der Waals surface area contributed by atoms with Gasteiger partial charge in [-0.3, -0.25) is 19.7 Å². The van der Waals surface area contributed by atoms with Crippen molar-refractivity contribution < 1.29 is 19.2 Å². The molecule has 0 saturated heterocycles. The van der Waals surface area contributed by atoms with Crippen LogP contribution in [0.1, 0.15) is 43.1 Å². The molecule has 2 aromatic carbocycles. The van der Waals surface area contributed by atoms with Crippen LogP contribution in [0.2, 0.25) is 0 Å². The largest absolute Gasteiger partial charge is 0.495 e. The van der Waals surface area contributed by atoms with E-state index in [0.717, 1.165) is 5.56 Å². The van der Waals surface area contributed by atoms with Gasteiger partial charge in [-0.2, -0.15) is 0 Å². The molecule has 8 nitrogen and oxygen atoms in total. The second-order valence-corrected chi connectivity index (χ2v) is 7.52. The van der Waals surface area contributed by atoms with E-state index >= 15 is 0 Å². The van der Waals surface area contributed by atoms with Gasteiger partial charge in [0.25, 0.3) is 11.6 Å². The van der Waals surface area contributed by atoms with E-state index in [-0.39, 0.29) is 35.7 Å². The number of carbonyl (C=O) groups is 2. The summed E-state index contributed by atoms with van der Waals surface area (Å²) in [4.78, 5) is 34.7. The summed E-state index contributed by atoms with van der Waals surface area (Å²) in [6.45, 7) is 6.41. The van der Waals surface area contributed by atoms with Gasteiger partial charge in [0.05, 0.1) is 17.7 Å². The van der Waals surface area contributed by atoms with Crippen LogP contribution >= 0.6 is 0 Å². The van der Waals surface area contributed by atoms with Crippen LogP contribution in [0, 0.1) is 10.1 Å². The minimum Gasteiger partial charge on any atom is -0.495 e. The van der Waals surface area contributed by atoms with Crippen molar-refractivity contribution in [1.29, 1.82) is 0 Å². The maximum Gasteiger partial charge on any atom is 0.271 e. The fourth-order valence-corrected chi connectivity index (χ4v) is 2.63. The van der Waals surface area contributed by atoms with Crippen molar-refractivity contribution >= 4 is 23.2 Å². The van der Waals surface area contributed by atoms with Gasteiger partial charge < -0.3 is 15.4 Å². The number of nitrogens with zero attached hydrogens (tertiary/aromatic N) is 1. The van der Waals surface area contributed by atoms with E-state index in [1.165, 1.54) is 25.3 Å². The Morgan fingerprint density at radius 1 is 1.10 bits per heavy atom. The number of nitro benzene ring substituents is 1. The predicted molar refractivity (Wildman–Crippen MR) is 110 cm³/mol. The molecule has 0 aromatic heterocycles. The Bertz CT molecular complexity index is 902. The highest BCUT2D eigenvalue weighted by Gasteiger charge is 2.15. The van der Waals surface area contributed by atoms with Crippen LogP contribution in [0.5, 0.6) is 5.75 Å².